The molecule has 0 saturated carbocycles. The first-order valence-electron chi connectivity index (χ1n) is 6.33. The number of hydrogen-bond donors (Lipinski definition) is 0. The van der Waals surface area contributed by atoms with Crippen molar-refractivity contribution in [3.63, 3.8) is 0 Å². The van der Waals surface area contributed by atoms with Crippen molar-refractivity contribution in [2.75, 3.05) is 27.2 Å². The fraction of sp³-hybridized carbons (Fsp3) is 0.375. The summed E-state index contributed by atoms with van der Waals surface area (Å²) in [6.07, 6.45) is 0. The fourth-order valence-electron chi connectivity index (χ4n) is 2.53. The van der Waals surface area contributed by atoms with Gasteiger partial charge in [-0.15, -0.1) is 0 Å². The van der Waals surface area contributed by atoms with Gasteiger partial charge in [-0.2, -0.15) is 0 Å². The first-order chi connectivity index (χ1) is 8.41. The van der Waals surface area contributed by atoms with Gasteiger partial charge in [-0.1, -0.05) is 35.9 Å². The molecule has 0 aliphatic carbocycles. The van der Waals surface area contributed by atoms with E-state index < -0.39 is 0 Å². The Morgan fingerprint density at radius 3 is 2.22 bits per heavy atom. The molecule has 0 atom stereocenters. The molecular formula is C16H21BrN+. The van der Waals surface area contributed by atoms with Gasteiger partial charge in [0.1, 0.15) is 13.1 Å². The molecule has 1 aliphatic heterocycles. The third kappa shape index (κ3) is 2.76. The largest absolute Gasteiger partial charge is 0.321 e. The van der Waals surface area contributed by atoms with E-state index in [2.05, 4.69) is 74.2 Å². The molecule has 0 amide bonds. The van der Waals surface area contributed by atoms with E-state index in [4.69, 9.17) is 0 Å². The predicted molar refractivity (Wildman–Crippen MR) is 82.5 cm³/mol. The SMILES string of the molecule is CC(C)=C1C[N+](C)(C)CC(Br)=C1c1ccccc1. The highest BCUT2D eigenvalue weighted by atomic mass is 79.9. The van der Waals surface area contributed by atoms with Gasteiger partial charge in [0, 0.05) is 11.1 Å². The summed E-state index contributed by atoms with van der Waals surface area (Å²) in [5.41, 5.74) is 5.61. The molecule has 2 rings (SSSR count). The summed E-state index contributed by atoms with van der Waals surface area (Å²) in [5.74, 6) is 0. The van der Waals surface area contributed by atoms with E-state index in [9.17, 15) is 0 Å². The van der Waals surface area contributed by atoms with E-state index in [1.807, 2.05) is 0 Å². The summed E-state index contributed by atoms with van der Waals surface area (Å²) in [5, 5.41) is 0. The molecule has 2 heteroatoms. The Hall–Kier alpha value is -0.860. The van der Waals surface area contributed by atoms with Crippen molar-refractivity contribution in [1.82, 2.24) is 0 Å². The van der Waals surface area contributed by atoms with Crippen molar-refractivity contribution < 1.29 is 4.48 Å². The standard InChI is InChI=1S/C16H21BrN/c1-12(2)14-10-18(3,4)11-15(17)16(14)13-8-6-5-7-9-13/h5-9H,10-11H2,1-4H3/q+1. The highest BCUT2D eigenvalue weighted by Crippen LogP contribution is 2.37. The molecule has 1 aromatic rings. The predicted octanol–water partition coefficient (Wildman–Crippen LogP) is 4.22. The van der Waals surface area contributed by atoms with E-state index in [0.717, 1.165) is 17.6 Å². The summed E-state index contributed by atoms with van der Waals surface area (Å²) < 4.78 is 2.33. The van der Waals surface area contributed by atoms with E-state index in [0.29, 0.717) is 0 Å². The lowest BCUT2D eigenvalue weighted by atomic mass is 9.91. The van der Waals surface area contributed by atoms with Gasteiger partial charge in [0.05, 0.1) is 18.6 Å². The van der Waals surface area contributed by atoms with Crippen LogP contribution in [0, 0.1) is 0 Å². The molecule has 18 heavy (non-hydrogen) atoms. The van der Waals surface area contributed by atoms with Gasteiger partial charge in [-0.25, -0.2) is 0 Å². The van der Waals surface area contributed by atoms with Crippen LogP contribution in [0.4, 0.5) is 0 Å². The van der Waals surface area contributed by atoms with Crippen LogP contribution in [0.2, 0.25) is 0 Å². The topological polar surface area (TPSA) is 0 Å². The molecular weight excluding hydrogens is 286 g/mol. The zero-order valence-corrected chi connectivity index (χ0v) is 13.2. The molecule has 1 aliphatic rings. The van der Waals surface area contributed by atoms with Gasteiger partial charge >= 0.3 is 0 Å². The van der Waals surface area contributed by atoms with Crippen LogP contribution in [-0.2, 0) is 0 Å². The maximum Gasteiger partial charge on any atom is 0.111 e. The maximum absolute atomic E-state index is 3.81. The summed E-state index contributed by atoms with van der Waals surface area (Å²) in [4.78, 5) is 0. The lowest BCUT2D eigenvalue weighted by Gasteiger charge is -2.37. The summed E-state index contributed by atoms with van der Waals surface area (Å²) in [6, 6.07) is 10.7. The highest BCUT2D eigenvalue weighted by Gasteiger charge is 2.30. The van der Waals surface area contributed by atoms with Crippen LogP contribution >= 0.6 is 15.9 Å². The monoisotopic (exact) mass is 306 g/mol. The number of allylic oxidation sites excluding steroid dienone is 1. The molecule has 0 saturated heterocycles. The van der Waals surface area contributed by atoms with Gasteiger partial charge in [0.25, 0.3) is 0 Å². The number of hydrogen-bond acceptors (Lipinski definition) is 0. The first kappa shape index (κ1) is 13.6. The molecule has 0 aromatic heterocycles. The smallest absolute Gasteiger partial charge is 0.111 e. The van der Waals surface area contributed by atoms with Crippen LogP contribution in [0.25, 0.3) is 5.57 Å². The van der Waals surface area contributed by atoms with Gasteiger partial charge in [-0.3, -0.25) is 0 Å². The molecule has 0 bridgehead atoms. The van der Waals surface area contributed by atoms with Crippen LogP contribution in [0.15, 0.2) is 46.0 Å². The first-order valence-corrected chi connectivity index (χ1v) is 7.13. The van der Waals surface area contributed by atoms with Gasteiger partial charge in [-0.05, 0) is 35.3 Å². The average molecular weight is 307 g/mol. The zero-order chi connectivity index (χ0) is 13.3. The van der Waals surface area contributed by atoms with Crippen LogP contribution in [0.5, 0.6) is 0 Å². The molecule has 1 nitrogen and oxygen atoms in total. The van der Waals surface area contributed by atoms with Crippen LogP contribution in [0.3, 0.4) is 0 Å². The lowest BCUT2D eigenvalue weighted by molar-refractivity contribution is -0.880. The van der Waals surface area contributed by atoms with Crippen molar-refractivity contribution in [2.45, 2.75) is 13.8 Å². The molecule has 1 aromatic carbocycles. The summed E-state index contributed by atoms with van der Waals surface area (Å²) in [6.45, 7) is 6.58. The molecule has 0 N–H and O–H groups in total. The Morgan fingerprint density at radius 2 is 1.67 bits per heavy atom. The Labute approximate surface area is 119 Å². The third-order valence-electron chi connectivity index (χ3n) is 3.39. The van der Waals surface area contributed by atoms with E-state index in [1.54, 1.807) is 0 Å². The minimum atomic E-state index is 1.01. The molecule has 1 heterocycles. The average Bonchev–Trinajstić information content (AvgIpc) is 2.27. The second kappa shape index (κ2) is 5.02. The van der Waals surface area contributed by atoms with Crippen LogP contribution in [-0.4, -0.2) is 31.7 Å². The normalized spacial score (nSPS) is 19.1. The number of quaternary nitrogens is 1. The molecule has 0 spiro atoms. The summed E-state index contributed by atoms with van der Waals surface area (Å²) in [7, 11) is 4.57. The highest BCUT2D eigenvalue weighted by molar-refractivity contribution is 9.11. The Balaban J connectivity index is 2.59. The summed E-state index contributed by atoms with van der Waals surface area (Å²) >= 11 is 3.81. The van der Waals surface area contributed by atoms with Gasteiger partial charge in [0.15, 0.2) is 0 Å². The van der Waals surface area contributed by atoms with Crippen molar-refractivity contribution in [2.24, 2.45) is 0 Å². The third-order valence-corrected chi connectivity index (χ3v) is 4.04. The minimum Gasteiger partial charge on any atom is -0.321 e. The quantitative estimate of drug-likeness (QED) is 0.682. The molecule has 0 fully saturated rings. The minimum absolute atomic E-state index is 1.01. The van der Waals surface area contributed by atoms with E-state index >= 15 is 0 Å². The van der Waals surface area contributed by atoms with Crippen molar-refractivity contribution >= 4 is 21.5 Å². The fourth-order valence-corrected chi connectivity index (χ4v) is 3.67. The zero-order valence-electron chi connectivity index (χ0n) is 11.6. The Kier molecular flexibility index (Phi) is 3.79. The lowest BCUT2D eigenvalue weighted by Crippen LogP contribution is -2.45. The van der Waals surface area contributed by atoms with Crippen molar-refractivity contribution in [3.05, 3.63) is 51.5 Å². The number of halogens is 1. The molecule has 0 radical (unpaired) electrons. The second-order valence-electron chi connectivity index (χ2n) is 5.88. The molecule has 0 unspecified atom stereocenters. The number of likely N-dealkylation sites (N-methyl/N-ethyl adjacent to an activating group) is 1. The second-order valence-corrected chi connectivity index (χ2v) is 6.83. The Bertz CT molecular complexity index is 505. The number of nitrogens with zero attached hydrogens (tertiary/aromatic N) is 1. The molecule has 96 valence electrons. The van der Waals surface area contributed by atoms with Crippen molar-refractivity contribution in [3.8, 4) is 0 Å². The van der Waals surface area contributed by atoms with Gasteiger partial charge < -0.3 is 4.48 Å². The maximum atomic E-state index is 3.81. The van der Waals surface area contributed by atoms with Crippen LogP contribution in [0.1, 0.15) is 19.4 Å². The number of rotatable bonds is 1. The van der Waals surface area contributed by atoms with E-state index in [-0.39, 0.29) is 0 Å². The van der Waals surface area contributed by atoms with Crippen LogP contribution < -0.4 is 0 Å². The van der Waals surface area contributed by atoms with Gasteiger partial charge in [0.2, 0.25) is 0 Å². The van der Waals surface area contributed by atoms with E-state index in [1.165, 1.54) is 26.8 Å². The Morgan fingerprint density at radius 1 is 1.06 bits per heavy atom. The van der Waals surface area contributed by atoms with Crippen molar-refractivity contribution in [1.29, 1.82) is 0 Å². The number of benzene rings is 1.